The highest BCUT2D eigenvalue weighted by molar-refractivity contribution is 7.13. The molecule has 2 aromatic heterocycles. The predicted molar refractivity (Wildman–Crippen MR) is 81.7 cm³/mol. The van der Waals surface area contributed by atoms with Crippen molar-refractivity contribution in [2.75, 3.05) is 6.54 Å². The second kappa shape index (κ2) is 6.41. The van der Waals surface area contributed by atoms with E-state index in [2.05, 4.69) is 22.2 Å². The van der Waals surface area contributed by atoms with E-state index in [0.717, 1.165) is 30.1 Å². The fourth-order valence-corrected chi connectivity index (χ4v) is 3.25. The van der Waals surface area contributed by atoms with E-state index in [9.17, 15) is 0 Å². The molecular formula is C15H20N4S. The fraction of sp³-hybridized carbons (Fsp3) is 0.533. The topological polar surface area (TPSA) is 50.7 Å². The van der Waals surface area contributed by atoms with E-state index in [0.29, 0.717) is 6.04 Å². The van der Waals surface area contributed by atoms with E-state index >= 15 is 0 Å². The predicted octanol–water partition coefficient (Wildman–Crippen LogP) is 3.37. The Morgan fingerprint density at radius 1 is 1.35 bits per heavy atom. The molecule has 0 aliphatic heterocycles. The minimum atomic E-state index is 0.419. The first-order valence-corrected chi connectivity index (χ1v) is 8.24. The van der Waals surface area contributed by atoms with Crippen LogP contribution >= 0.6 is 11.3 Å². The molecule has 0 fully saturated rings. The molecule has 3 rings (SSSR count). The lowest BCUT2D eigenvalue weighted by molar-refractivity contribution is 0.488. The van der Waals surface area contributed by atoms with Gasteiger partial charge in [-0.25, -0.2) is 9.97 Å². The van der Waals surface area contributed by atoms with Gasteiger partial charge in [0.1, 0.15) is 0 Å². The van der Waals surface area contributed by atoms with Crippen LogP contribution in [-0.4, -0.2) is 21.5 Å². The summed E-state index contributed by atoms with van der Waals surface area (Å²) in [7, 11) is 0. The second-order valence-electron chi connectivity index (χ2n) is 5.21. The molecule has 0 radical (unpaired) electrons. The highest BCUT2D eigenvalue weighted by Crippen LogP contribution is 2.29. The van der Waals surface area contributed by atoms with Gasteiger partial charge in [0, 0.05) is 29.7 Å². The van der Waals surface area contributed by atoms with Gasteiger partial charge in [-0.3, -0.25) is 4.98 Å². The third kappa shape index (κ3) is 2.88. The first-order valence-electron chi connectivity index (χ1n) is 7.36. The van der Waals surface area contributed by atoms with Crippen molar-refractivity contribution in [1.82, 2.24) is 20.3 Å². The molecule has 0 spiro atoms. The van der Waals surface area contributed by atoms with Gasteiger partial charge in [0.25, 0.3) is 0 Å². The van der Waals surface area contributed by atoms with Gasteiger partial charge in [-0.05, 0) is 32.2 Å². The van der Waals surface area contributed by atoms with Crippen molar-refractivity contribution in [3.8, 4) is 10.7 Å². The molecule has 0 saturated heterocycles. The normalized spacial score (nSPS) is 18.6. The summed E-state index contributed by atoms with van der Waals surface area (Å²) in [6.45, 7) is 3.26. The minimum absolute atomic E-state index is 0.419. The third-order valence-corrected chi connectivity index (χ3v) is 4.49. The van der Waals surface area contributed by atoms with Crippen molar-refractivity contribution in [3.05, 3.63) is 29.2 Å². The number of aryl methyl sites for hydroxylation is 1. The summed E-state index contributed by atoms with van der Waals surface area (Å²) in [6, 6.07) is 0.419. The van der Waals surface area contributed by atoms with Crippen LogP contribution in [0.1, 0.15) is 49.9 Å². The van der Waals surface area contributed by atoms with Crippen molar-refractivity contribution in [2.45, 2.75) is 45.1 Å². The van der Waals surface area contributed by atoms with E-state index in [1.54, 1.807) is 11.3 Å². The minimum Gasteiger partial charge on any atom is -0.310 e. The zero-order chi connectivity index (χ0) is 13.8. The van der Waals surface area contributed by atoms with Crippen LogP contribution in [0, 0.1) is 0 Å². The van der Waals surface area contributed by atoms with Crippen molar-refractivity contribution in [2.24, 2.45) is 0 Å². The Labute approximate surface area is 123 Å². The zero-order valence-electron chi connectivity index (χ0n) is 11.8. The van der Waals surface area contributed by atoms with Gasteiger partial charge in [-0.1, -0.05) is 13.3 Å². The number of nitrogens with zero attached hydrogens (tertiary/aromatic N) is 3. The second-order valence-corrected chi connectivity index (χ2v) is 6.10. The molecular weight excluding hydrogens is 268 g/mol. The molecule has 1 aliphatic rings. The summed E-state index contributed by atoms with van der Waals surface area (Å²) in [6.07, 6.45) is 9.76. The lowest BCUT2D eigenvalue weighted by Gasteiger charge is -2.18. The third-order valence-electron chi connectivity index (χ3n) is 3.73. The van der Waals surface area contributed by atoms with Gasteiger partial charge >= 0.3 is 0 Å². The molecule has 1 aliphatic carbocycles. The molecule has 1 atom stereocenters. The standard InChI is InChI=1S/C15H20N4S/c1-2-7-17-12-5-3-4-6-13-11(12)8-18-15(19-13)14-9-16-10-20-14/h8-10,12,17H,2-7H2,1H3. The van der Waals surface area contributed by atoms with Crippen molar-refractivity contribution < 1.29 is 0 Å². The van der Waals surface area contributed by atoms with Crippen LogP contribution in [-0.2, 0) is 6.42 Å². The Kier molecular flexibility index (Phi) is 4.38. The molecule has 0 amide bonds. The van der Waals surface area contributed by atoms with Crippen molar-refractivity contribution in [3.63, 3.8) is 0 Å². The summed E-state index contributed by atoms with van der Waals surface area (Å²) in [5.74, 6) is 0.822. The molecule has 1 N–H and O–H groups in total. The highest BCUT2D eigenvalue weighted by Gasteiger charge is 2.20. The van der Waals surface area contributed by atoms with Crippen LogP contribution in [0.3, 0.4) is 0 Å². The van der Waals surface area contributed by atoms with E-state index in [1.807, 2.05) is 17.9 Å². The van der Waals surface area contributed by atoms with Gasteiger partial charge in [-0.15, -0.1) is 11.3 Å². The largest absolute Gasteiger partial charge is 0.310 e. The molecule has 106 valence electrons. The first kappa shape index (κ1) is 13.6. The van der Waals surface area contributed by atoms with E-state index in [1.165, 1.54) is 30.5 Å². The molecule has 2 aromatic rings. The van der Waals surface area contributed by atoms with Gasteiger partial charge in [0.2, 0.25) is 0 Å². The number of fused-ring (bicyclic) bond motifs is 1. The van der Waals surface area contributed by atoms with Gasteiger partial charge in [-0.2, -0.15) is 0 Å². The highest BCUT2D eigenvalue weighted by atomic mass is 32.1. The summed E-state index contributed by atoms with van der Waals surface area (Å²) < 4.78 is 0. The molecule has 0 saturated carbocycles. The SMILES string of the molecule is CCCNC1CCCCc2nc(-c3cncs3)ncc21. The first-order chi connectivity index (χ1) is 9.88. The Balaban J connectivity index is 1.91. The van der Waals surface area contributed by atoms with Gasteiger partial charge in [0.15, 0.2) is 5.82 Å². The molecule has 2 heterocycles. The van der Waals surface area contributed by atoms with Crippen LogP contribution in [0.5, 0.6) is 0 Å². The maximum Gasteiger partial charge on any atom is 0.171 e. The molecule has 0 aromatic carbocycles. The summed E-state index contributed by atoms with van der Waals surface area (Å²) >= 11 is 1.59. The maximum absolute atomic E-state index is 4.79. The number of aromatic nitrogens is 3. The molecule has 20 heavy (non-hydrogen) atoms. The maximum atomic E-state index is 4.79. The van der Waals surface area contributed by atoms with E-state index in [4.69, 9.17) is 4.98 Å². The number of nitrogens with one attached hydrogen (secondary N) is 1. The van der Waals surface area contributed by atoms with Gasteiger partial charge in [0.05, 0.1) is 10.4 Å². The summed E-state index contributed by atoms with van der Waals surface area (Å²) in [5, 5.41) is 3.63. The Bertz CT molecular complexity index is 553. The van der Waals surface area contributed by atoms with Crippen LogP contribution in [0.25, 0.3) is 10.7 Å². The van der Waals surface area contributed by atoms with Crippen LogP contribution in [0.4, 0.5) is 0 Å². The van der Waals surface area contributed by atoms with Crippen LogP contribution in [0.15, 0.2) is 17.9 Å². The Morgan fingerprint density at radius 2 is 2.30 bits per heavy atom. The Hall–Kier alpha value is -1.33. The van der Waals surface area contributed by atoms with Crippen LogP contribution < -0.4 is 5.32 Å². The summed E-state index contributed by atoms with van der Waals surface area (Å²) in [5.41, 5.74) is 4.34. The van der Waals surface area contributed by atoms with E-state index < -0.39 is 0 Å². The lowest BCUT2D eigenvalue weighted by Crippen LogP contribution is -2.23. The van der Waals surface area contributed by atoms with Crippen molar-refractivity contribution >= 4 is 11.3 Å². The average Bonchev–Trinajstić information content (AvgIpc) is 2.94. The van der Waals surface area contributed by atoms with Crippen molar-refractivity contribution in [1.29, 1.82) is 0 Å². The number of thiazole rings is 1. The average molecular weight is 288 g/mol. The van der Waals surface area contributed by atoms with Crippen LogP contribution in [0.2, 0.25) is 0 Å². The molecule has 1 unspecified atom stereocenters. The smallest absolute Gasteiger partial charge is 0.171 e. The quantitative estimate of drug-likeness (QED) is 0.876. The molecule has 0 bridgehead atoms. The number of hydrogen-bond acceptors (Lipinski definition) is 5. The van der Waals surface area contributed by atoms with E-state index in [-0.39, 0.29) is 0 Å². The van der Waals surface area contributed by atoms with Gasteiger partial charge < -0.3 is 5.32 Å². The Morgan fingerprint density at radius 3 is 3.10 bits per heavy atom. The monoisotopic (exact) mass is 288 g/mol. The lowest BCUT2D eigenvalue weighted by atomic mass is 10.0. The zero-order valence-corrected chi connectivity index (χ0v) is 12.6. The molecule has 5 heteroatoms. The number of rotatable bonds is 4. The number of hydrogen-bond donors (Lipinski definition) is 1. The molecule has 4 nitrogen and oxygen atoms in total. The fourth-order valence-electron chi connectivity index (χ4n) is 2.69. The summed E-state index contributed by atoms with van der Waals surface area (Å²) in [4.78, 5) is 14.5.